The Hall–Kier alpha value is -0.0800. The molecule has 0 aromatic carbocycles. The van der Waals surface area contributed by atoms with E-state index in [0.717, 1.165) is 12.0 Å². The Balaban J connectivity index is 1.66. The highest BCUT2D eigenvalue weighted by Crippen LogP contribution is 2.35. The summed E-state index contributed by atoms with van der Waals surface area (Å²) in [5.74, 6) is 1.04. The number of piperidine rings is 1. The van der Waals surface area contributed by atoms with Gasteiger partial charge in [-0.1, -0.05) is 19.8 Å². The molecule has 3 unspecified atom stereocenters. The van der Waals surface area contributed by atoms with Gasteiger partial charge in [0.25, 0.3) is 0 Å². The SMILES string of the molecule is CCCNC(C)CCCN1CCCC2CCCCC21. The second kappa shape index (κ2) is 8.26. The van der Waals surface area contributed by atoms with Crippen LogP contribution in [0, 0.1) is 5.92 Å². The summed E-state index contributed by atoms with van der Waals surface area (Å²) in [5.41, 5.74) is 0. The van der Waals surface area contributed by atoms with Gasteiger partial charge < -0.3 is 10.2 Å². The van der Waals surface area contributed by atoms with Crippen molar-refractivity contribution in [1.29, 1.82) is 0 Å². The van der Waals surface area contributed by atoms with Crippen LogP contribution in [0.15, 0.2) is 0 Å². The van der Waals surface area contributed by atoms with Gasteiger partial charge in [0.1, 0.15) is 0 Å². The molecule has 0 spiro atoms. The van der Waals surface area contributed by atoms with Crippen molar-refractivity contribution in [2.24, 2.45) is 5.92 Å². The lowest BCUT2D eigenvalue weighted by molar-refractivity contribution is 0.0591. The molecule has 19 heavy (non-hydrogen) atoms. The molecule has 0 bridgehead atoms. The van der Waals surface area contributed by atoms with Crippen molar-refractivity contribution in [3.8, 4) is 0 Å². The van der Waals surface area contributed by atoms with Crippen LogP contribution in [0.25, 0.3) is 0 Å². The summed E-state index contributed by atoms with van der Waals surface area (Å²) in [6, 6.07) is 1.65. The van der Waals surface area contributed by atoms with Crippen molar-refractivity contribution in [2.45, 2.75) is 83.7 Å². The van der Waals surface area contributed by atoms with Crippen molar-refractivity contribution in [1.82, 2.24) is 10.2 Å². The fourth-order valence-corrected chi connectivity index (χ4v) is 4.10. The molecule has 1 heterocycles. The first kappa shape index (κ1) is 15.3. The molecule has 1 N–H and O–H groups in total. The van der Waals surface area contributed by atoms with Gasteiger partial charge in [-0.25, -0.2) is 0 Å². The molecule has 0 aromatic rings. The zero-order valence-corrected chi connectivity index (χ0v) is 13.2. The Morgan fingerprint density at radius 2 is 1.95 bits per heavy atom. The van der Waals surface area contributed by atoms with E-state index in [4.69, 9.17) is 0 Å². The first-order chi connectivity index (χ1) is 9.31. The van der Waals surface area contributed by atoms with E-state index in [1.165, 1.54) is 77.4 Å². The van der Waals surface area contributed by atoms with Crippen LogP contribution in [-0.2, 0) is 0 Å². The number of hydrogen-bond acceptors (Lipinski definition) is 2. The smallest absolute Gasteiger partial charge is 0.0123 e. The van der Waals surface area contributed by atoms with Crippen LogP contribution in [0.2, 0.25) is 0 Å². The number of nitrogens with zero attached hydrogens (tertiary/aromatic N) is 1. The molecule has 1 aliphatic heterocycles. The highest BCUT2D eigenvalue weighted by atomic mass is 15.2. The molecule has 112 valence electrons. The minimum atomic E-state index is 0.701. The summed E-state index contributed by atoms with van der Waals surface area (Å²) in [6.07, 6.45) is 12.9. The summed E-state index contributed by atoms with van der Waals surface area (Å²) >= 11 is 0. The first-order valence-electron chi connectivity index (χ1n) is 8.78. The molecule has 1 aliphatic carbocycles. The summed E-state index contributed by atoms with van der Waals surface area (Å²) in [6.45, 7) is 8.48. The third kappa shape index (κ3) is 4.75. The topological polar surface area (TPSA) is 15.3 Å². The fourth-order valence-electron chi connectivity index (χ4n) is 4.10. The molecular weight excluding hydrogens is 232 g/mol. The standard InChI is InChI=1S/C17H34N2/c1-3-12-18-15(2)8-6-13-19-14-7-10-16-9-4-5-11-17(16)19/h15-18H,3-14H2,1-2H3. The second-order valence-electron chi connectivity index (χ2n) is 6.79. The zero-order valence-electron chi connectivity index (χ0n) is 13.2. The molecule has 1 saturated heterocycles. The van der Waals surface area contributed by atoms with Crippen LogP contribution in [-0.4, -0.2) is 36.6 Å². The summed E-state index contributed by atoms with van der Waals surface area (Å²) in [7, 11) is 0. The third-order valence-corrected chi connectivity index (χ3v) is 5.18. The molecule has 2 fully saturated rings. The largest absolute Gasteiger partial charge is 0.314 e. The van der Waals surface area contributed by atoms with Gasteiger partial charge in [0.15, 0.2) is 0 Å². The minimum Gasteiger partial charge on any atom is -0.314 e. The van der Waals surface area contributed by atoms with Gasteiger partial charge in [-0.05, 0) is 77.4 Å². The highest BCUT2D eigenvalue weighted by molar-refractivity contribution is 4.87. The number of hydrogen-bond donors (Lipinski definition) is 1. The molecule has 2 aliphatic rings. The highest BCUT2D eigenvalue weighted by Gasteiger charge is 2.32. The Morgan fingerprint density at radius 1 is 1.16 bits per heavy atom. The van der Waals surface area contributed by atoms with E-state index >= 15 is 0 Å². The van der Waals surface area contributed by atoms with Crippen molar-refractivity contribution >= 4 is 0 Å². The summed E-state index contributed by atoms with van der Waals surface area (Å²) in [4.78, 5) is 2.83. The van der Waals surface area contributed by atoms with Crippen molar-refractivity contribution in [3.63, 3.8) is 0 Å². The Morgan fingerprint density at radius 3 is 2.79 bits per heavy atom. The monoisotopic (exact) mass is 266 g/mol. The van der Waals surface area contributed by atoms with Crippen LogP contribution >= 0.6 is 0 Å². The average molecular weight is 266 g/mol. The minimum absolute atomic E-state index is 0.701. The molecule has 2 rings (SSSR count). The fraction of sp³-hybridized carbons (Fsp3) is 1.00. The van der Waals surface area contributed by atoms with Crippen LogP contribution in [0.3, 0.4) is 0 Å². The number of rotatable bonds is 7. The van der Waals surface area contributed by atoms with E-state index in [-0.39, 0.29) is 0 Å². The lowest BCUT2D eigenvalue weighted by atomic mass is 9.78. The summed E-state index contributed by atoms with van der Waals surface area (Å²) < 4.78 is 0. The average Bonchev–Trinajstić information content (AvgIpc) is 2.45. The number of fused-ring (bicyclic) bond motifs is 1. The molecule has 2 nitrogen and oxygen atoms in total. The van der Waals surface area contributed by atoms with Gasteiger partial charge in [-0.3, -0.25) is 0 Å². The van der Waals surface area contributed by atoms with E-state index in [1.807, 2.05) is 0 Å². The van der Waals surface area contributed by atoms with Gasteiger partial charge in [-0.2, -0.15) is 0 Å². The van der Waals surface area contributed by atoms with Crippen molar-refractivity contribution in [3.05, 3.63) is 0 Å². The molecule has 2 heteroatoms. The van der Waals surface area contributed by atoms with Crippen LogP contribution in [0.5, 0.6) is 0 Å². The van der Waals surface area contributed by atoms with E-state index in [2.05, 4.69) is 24.1 Å². The maximum Gasteiger partial charge on any atom is 0.0123 e. The van der Waals surface area contributed by atoms with Gasteiger partial charge in [0, 0.05) is 12.1 Å². The zero-order chi connectivity index (χ0) is 13.5. The quantitative estimate of drug-likeness (QED) is 0.754. The Bertz CT molecular complexity index is 239. The normalized spacial score (nSPS) is 30.0. The van der Waals surface area contributed by atoms with E-state index in [1.54, 1.807) is 0 Å². The second-order valence-corrected chi connectivity index (χ2v) is 6.79. The van der Waals surface area contributed by atoms with Crippen LogP contribution in [0.1, 0.15) is 71.6 Å². The van der Waals surface area contributed by atoms with E-state index < -0.39 is 0 Å². The van der Waals surface area contributed by atoms with Crippen LogP contribution in [0.4, 0.5) is 0 Å². The summed E-state index contributed by atoms with van der Waals surface area (Å²) in [5, 5.41) is 3.61. The lowest BCUT2D eigenvalue weighted by Gasteiger charge is -2.44. The molecular formula is C17H34N2. The van der Waals surface area contributed by atoms with Gasteiger partial charge >= 0.3 is 0 Å². The van der Waals surface area contributed by atoms with E-state index in [9.17, 15) is 0 Å². The molecule has 3 atom stereocenters. The molecule has 0 aromatic heterocycles. The Kier molecular flexibility index (Phi) is 6.66. The Labute approximate surface area is 120 Å². The van der Waals surface area contributed by atoms with Gasteiger partial charge in [0.2, 0.25) is 0 Å². The predicted molar refractivity (Wildman–Crippen MR) is 83.5 cm³/mol. The van der Waals surface area contributed by atoms with Crippen LogP contribution < -0.4 is 5.32 Å². The van der Waals surface area contributed by atoms with Gasteiger partial charge in [-0.15, -0.1) is 0 Å². The maximum atomic E-state index is 3.61. The molecule has 1 saturated carbocycles. The lowest BCUT2D eigenvalue weighted by Crippen LogP contribution is -2.47. The number of likely N-dealkylation sites (tertiary alicyclic amines) is 1. The van der Waals surface area contributed by atoms with Crippen molar-refractivity contribution < 1.29 is 0 Å². The maximum absolute atomic E-state index is 3.61. The first-order valence-corrected chi connectivity index (χ1v) is 8.78. The molecule has 0 radical (unpaired) electrons. The number of nitrogens with one attached hydrogen (secondary N) is 1. The third-order valence-electron chi connectivity index (χ3n) is 5.18. The molecule has 0 amide bonds. The van der Waals surface area contributed by atoms with E-state index in [0.29, 0.717) is 6.04 Å². The predicted octanol–water partition coefficient (Wildman–Crippen LogP) is 3.81. The van der Waals surface area contributed by atoms with Crippen molar-refractivity contribution in [2.75, 3.05) is 19.6 Å². The van der Waals surface area contributed by atoms with Gasteiger partial charge in [0.05, 0.1) is 0 Å².